The van der Waals surface area contributed by atoms with Crippen molar-refractivity contribution in [3.8, 4) is 0 Å². The number of rotatable bonds is 12. The van der Waals surface area contributed by atoms with Crippen molar-refractivity contribution in [2.24, 2.45) is 0 Å². The lowest BCUT2D eigenvalue weighted by Gasteiger charge is -2.13. The quantitative estimate of drug-likeness (QED) is 0.526. The van der Waals surface area contributed by atoms with Crippen LogP contribution in [0, 0.1) is 0 Å². The molecule has 0 fully saturated rings. The van der Waals surface area contributed by atoms with E-state index in [1.54, 1.807) is 0 Å². The topological polar surface area (TPSA) is 27.7 Å². The van der Waals surface area contributed by atoms with Crippen molar-refractivity contribution < 1.29 is 14.2 Å². The highest BCUT2D eigenvalue weighted by Crippen LogP contribution is 2.15. The summed E-state index contributed by atoms with van der Waals surface area (Å²) in [5, 5.41) is 0. The highest BCUT2D eigenvalue weighted by atomic mass is 16.5. The number of ether oxygens (including phenoxy) is 3. The van der Waals surface area contributed by atoms with Crippen LogP contribution >= 0.6 is 0 Å². The van der Waals surface area contributed by atoms with E-state index < -0.39 is 0 Å². The Kier molecular flexibility index (Phi) is 9.27. The molecule has 2 rings (SSSR count). The maximum Gasteiger partial charge on any atom is 0.0701 e. The van der Waals surface area contributed by atoms with E-state index in [0.717, 1.165) is 13.2 Å². The number of hydrogen-bond donors (Lipinski definition) is 0. The molecule has 2 atom stereocenters. The fourth-order valence-corrected chi connectivity index (χ4v) is 2.61. The Hall–Kier alpha value is -1.68. The largest absolute Gasteiger partial charge is 0.378 e. The summed E-state index contributed by atoms with van der Waals surface area (Å²) in [6.45, 7) is 8.26. The van der Waals surface area contributed by atoms with E-state index in [4.69, 9.17) is 14.2 Å². The summed E-state index contributed by atoms with van der Waals surface area (Å²) in [4.78, 5) is 0. The van der Waals surface area contributed by atoms with Crippen molar-refractivity contribution >= 4 is 0 Å². The van der Waals surface area contributed by atoms with Gasteiger partial charge in [0.15, 0.2) is 0 Å². The first-order valence-electron chi connectivity index (χ1n) is 9.10. The van der Waals surface area contributed by atoms with E-state index in [2.05, 4.69) is 62.4 Å². The van der Waals surface area contributed by atoms with Gasteiger partial charge in [-0.15, -0.1) is 0 Å². The van der Waals surface area contributed by atoms with Crippen LogP contribution in [0.2, 0.25) is 0 Å². The van der Waals surface area contributed by atoms with Crippen molar-refractivity contribution in [1.82, 2.24) is 0 Å². The molecule has 3 heteroatoms. The molecule has 0 N–H and O–H groups in total. The Morgan fingerprint density at radius 2 is 0.920 bits per heavy atom. The Labute approximate surface area is 151 Å². The third-order valence-electron chi connectivity index (χ3n) is 4.22. The highest BCUT2D eigenvalue weighted by Gasteiger charge is 2.05. The van der Waals surface area contributed by atoms with E-state index in [0.29, 0.717) is 38.3 Å². The maximum atomic E-state index is 5.69. The molecule has 0 aliphatic rings. The molecule has 0 radical (unpaired) electrons. The van der Waals surface area contributed by atoms with Crippen molar-refractivity contribution in [2.75, 3.05) is 39.6 Å². The zero-order valence-electron chi connectivity index (χ0n) is 15.4. The van der Waals surface area contributed by atoms with Gasteiger partial charge in [0.05, 0.1) is 39.6 Å². The fourth-order valence-electron chi connectivity index (χ4n) is 2.61. The monoisotopic (exact) mass is 342 g/mol. The van der Waals surface area contributed by atoms with Gasteiger partial charge in [-0.05, 0) is 11.1 Å². The summed E-state index contributed by atoms with van der Waals surface area (Å²) in [6.07, 6.45) is 0. The summed E-state index contributed by atoms with van der Waals surface area (Å²) >= 11 is 0. The zero-order chi connectivity index (χ0) is 17.7. The van der Waals surface area contributed by atoms with Gasteiger partial charge in [-0.2, -0.15) is 0 Å². The molecule has 0 aliphatic carbocycles. The molecule has 0 bridgehead atoms. The van der Waals surface area contributed by atoms with Crippen molar-refractivity contribution in [3.05, 3.63) is 71.8 Å². The molecule has 0 aliphatic heterocycles. The lowest BCUT2D eigenvalue weighted by Crippen LogP contribution is -2.13. The predicted molar refractivity (Wildman–Crippen MR) is 102 cm³/mol. The second kappa shape index (κ2) is 11.8. The van der Waals surface area contributed by atoms with E-state index in [1.165, 1.54) is 11.1 Å². The van der Waals surface area contributed by atoms with E-state index >= 15 is 0 Å². The van der Waals surface area contributed by atoms with Crippen molar-refractivity contribution in [1.29, 1.82) is 0 Å². The molecule has 0 aromatic heterocycles. The van der Waals surface area contributed by atoms with Gasteiger partial charge in [-0.1, -0.05) is 74.5 Å². The third-order valence-corrected chi connectivity index (χ3v) is 4.22. The second-order valence-corrected chi connectivity index (χ2v) is 6.39. The Morgan fingerprint density at radius 3 is 1.32 bits per heavy atom. The first-order valence-corrected chi connectivity index (χ1v) is 9.10. The van der Waals surface area contributed by atoms with Crippen LogP contribution in [-0.2, 0) is 14.2 Å². The highest BCUT2D eigenvalue weighted by molar-refractivity contribution is 5.19. The molecule has 0 heterocycles. The summed E-state index contributed by atoms with van der Waals surface area (Å²) in [7, 11) is 0. The summed E-state index contributed by atoms with van der Waals surface area (Å²) in [5.74, 6) is 0.813. The molecule has 2 aromatic carbocycles. The number of hydrogen-bond acceptors (Lipinski definition) is 3. The molecule has 0 saturated heterocycles. The minimum Gasteiger partial charge on any atom is -0.378 e. The van der Waals surface area contributed by atoms with Gasteiger partial charge in [-0.3, -0.25) is 0 Å². The fraction of sp³-hybridized carbons (Fsp3) is 0.455. The average Bonchev–Trinajstić information content (AvgIpc) is 2.67. The molecule has 25 heavy (non-hydrogen) atoms. The second-order valence-electron chi connectivity index (χ2n) is 6.39. The molecular formula is C22H30O3. The molecule has 0 saturated carbocycles. The normalized spacial score (nSPS) is 13.5. The Bertz CT molecular complexity index is 504. The van der Waals surface area contributed by atoms with Gasteiger partial charge in [0, 0.05) is 11.8 Å². The average molecular weight is 342 g/mol. The lowest BCUT2D eigenvalue weighted by molar-refractivity contribution is 0.0106. The smallest absolute Gasteiger partial charge is 0.0701 e. The minimum atomic E-state index is 0.406. The number of benzene rings is 2. The van der Waals surface area contributed by atoms with Gasteiger partial charge in [0.25, 0.3) is 0 Å². The Morgan fingerprint density at radius 1 is 0.560 bits per heavy atom. The van der Waals surface area contributed by atoms with Gasteiger partial charge in [0.2, 0.25) is 0 Å². The van der Waals surface area contributed by atoms with Crippen LogP contribution in [0.15, 0.2) is 60.7 Å². The SMILES string of the molecule is C[C@H](COCCOCCOC[C@@H](C)c1ccccc1)c1ccccc1. The molecule has 2 aromatic rings. The predicted octanol–water partition coefficient (Wildman–Crippen LogP) is 4.64. The van der Waals surface area contributed by atoms with Crippen molar-refractivity contribution in [3.63, 3.8) is 0 Å². The summed E-state index contributed by atoms with van der Waals surface area (Å²) < 4.78 is 16.9. The summed E-state index contributed by atoms with van der Waals surface area (Å²) in [5.41, 5.74) is 2.62. The van der Waals surface area contributed by atoms with Crippen LogP contribution in [0.3, 0.4) is 0 Å². The summed E-state index contributed by atoms with van der Waals surface area (Å²) in [6, 6.07) is 20.9. The molecule has 136 valence electrons. The van der Waals surface area contributed by atoms with Crippen LogP contribution in [0.5, 0.6) is 0 Å². The van der Waals surface area contributed by atoms with Crippen molar-refractivity contribution in [2.45, 2.75) is 25.7 Å². The molecular weight excluding hydrogens is 312 g/mol. The molecule has 0 spiro atoms. The first-order chi connectivity index (χ1) is 12.3. The van der Waals surface area contributed by atoms with Crippen LogP contribution in [-0.4, -0.2) is 39.6 Å². The van der Waals surface area contributed by atoms with Gasteiger partial charge < -0.3 is 14.2 Å². The van der Waals surface area contributed by atoms with Gasteiger partial charge >= 0.3 is 0 Å². The zero-order valence-corrected chi connectivity index (χ0v) is 15.4. The van der Waals surface area contributed by atoms with Gasteiger partial charge in [0.1, 0.15) is 0 Å². The van der Waals surface area contributed by atoms with Crippen LogP contribution in [0.25, 0.3) is 0 Å². The molecule has 0 unspecified atom stereocenters. The molecule has 0 amide bonds. The minimum absolute atomic E-state index is 0.406. The Balaban J connectivity index is 1.43. The van der Waals surface area contributed by atoms with E-state index in [9.17, 15) is 0 Å². The van der Waals surface area contributed by atoms with Crippen LogP contribution in [0.4, 0.5) is 0 Å². The maximum absolute atomic E-state index is 5.69. The lowest BCUT2D eigenvalue weighted by atomic mass is 10.0. The van der Waals surface area contributed by atoms with Crippen LogP contribution in [0.1, 0.15) is 36.8 Å². The first kappa shape index (κ1) is 19.6. The third kappa shape index (κ3) is 7.82. The molecule has 3 nitrogen and oxygen atoms in total. The van der Waals surface area contributed by atoms with Gasteiger partial charge in [-0.25, -0.2) is 0 Å². The van der Waals surface area contributed by atoms with E-state index in [-0.39, 0.29) is 0 Å². The standard InChI is InChI=1S/C22H30O3/c1-19(21-9-5-3-6-10-21)17-24-15-13-23-14-16-25-18-20(2)22-11-7-4-8-12-22/h3-12,19-20H,13-18H2,1-2H3/t19-,20-/m1/s1. The van der Waals surface area contributed by atoms with E-state index in [1.807, 2.05) is 12.1 Å². The van der Waals surface area contributed by atoms with Crippen LogP contribution < -0.4 is 0 Å².